The molecule has 0 saturated carbocycles. The Kier molecular flexibility index (Phi) is 6.55. The van der Waals surface area contributed by atoms with Gasteiger partial charge >= 0.3 is 0 Å². The van der Waals surface area contributed by atoms with Crippen molar-refractivity contribution in [3.63, 3.8) is 0 Å². The number of methoxy groups -OCH3 is 3. The number of hydrogen-bond acceptors (Lipinski definition) is 6. The van der Waals surface area contributed by atoms with Gasteiger partial charge < -0.3 is 24.8 Å². The van der Waals surface area contributed by atoms with E-state index in [0.29, 0.717) is 22.9 Å². The van der Waals surface area contributed by atoms with Crippen molar-refractivity contribution in [2.75, 3.05) is 32.0 Å². The molecule has 8 heteroatoms. The van der Waals surface area contributed by atoms with E-state index in [4.69, 9.17) is 14.2 Å². The van der Waals surface area contributed by atoms with Gasteiger partial charge in [-0.3, -0.25) is 4.79 Å². The molecule has 2 heterocycles. The van der Waals surface area contributed by atoms with Crippen LogP contribution in [0.15, 0.2) is 79.0 Å². The maximum atomic E-state index is 13.4. The number of aromatic nitrogens is 2. The Hall–Kier alpha value is -4.72. The quantitative estimate of drug-likeness (QED) is 0.350. The van der Waals surface area contributed by atoms with E-state index in [1.807, 2.05) is 79.7 Å². The summed E-state index contributed by atoms with van der Waals surface area (Å²) in [5, 5.41) is 11.0. The second-order valence-electron chi connectivity index (χ2n) is 8.64. The number of benzene rings is 3. The molecule has 1 unspecified atom stereocenters. The van der Waals surface area contributed by atoms with Crippen LogP contribution in [-0.4, -0.2) is 37.0 Å². The molecule has 2 N–H and O–H groups in total. The topological polar surface area (TPSA) is 86.6 Å². The zero-order valence-corrected chi connectivity index (χ0v) is 21.1. The normalized spacial score (nSPS) is 14.2. The van der Waals surface area contributed by atoms with Gasteiger partial charge in [-0.1, -0.05) is 36.4 Å². The summed E-state index contributed by atoms with van der Waals surface area (Å²) in [6.45, 7) is 1.98. The first-order valence-corrected chi connectivity index (χ1v) is 11.8. The van der Waals surface area contributed by atoms with Crippen LogP contribution in [0.3, 0.4) is 0 Å². The Morgan fingerprint density at radius 1 is 0.973 bits per heavy atom. The summed E-state index contributed by atoms with van der Waals surface area (Å²) in [4.78, 5) is 13.4. The fourth-order valence-electron chi connectivity index (χ4n) is 4.51. The van der Waals surface area contributed by atoms with Crippen molar-refractivity contribution in [2.24, 2.45) is 0 Å². The lowest BCUT2D eigenvalue weighted by atomic mass is 9.99. The fourth-order valence-corrected chi connectivity index (χ4v) is 4.51. The largest absolute Gasteiger partial charge is 0.497 e. The number of hydrogen-bond donors (Lipinski definition) is 2. The SMILES string of the molecule is COc1cccc(C2=CC(c3cccc(OC)c3OC)n3ncc(C(=O)Nc4cccc(C)c4)c3N2)c1. The number of fused-ring (bicyclic) bond motifs is 1. The molecule has 0 bridgehead atoms. The number of nitrogens with zero attached hydrogens (tertiary/aromatic N) is 2. The molecule has 1 aliphatic heterocycles. The van der Waals surface area contributed by atoms with E-state index in [0.717, 1.165) is 33.8 Å². The number of amides is 1. The Balaban J connectivity index is 1.62. The number of para-hydroxylation sites is 1. The van der Waals surface area contributed by atoms with Crippen LogP contribution in [0.4, 0.5) is 11.5 Å². The number of carbonyl (C=O) groups is 1. The number of allylic oxidation sites excluding steroid dienone is 1. The highest BCUT2D eigenvalue weighted by Crippen LogP contribution is 2.42. The van der Waals surface area contributed by atoms with Crippen molar-refractivity contribution in [1.29, 1.82) is 0 Å². The molecule has 3 aromatic carbocycles. The summed E-state index contributed by atoms with van der Waals surface area (Å²) in [6.07, 6.45) is 3.63. The Bertz CT molecular complexity index is 1490. The maximum Gasteiger partial charge on any atom is 0.261 e. The van der Waals surface area contributed by atoms with Crippen molar-refractivity contribution < 1.29 is 19.0 Å². The second kappa shape index (κ2) is 10.1. The third-order valence-corrected chi connectivity index (χ3v) is 6.29. The summed E-state index contributed by atoms with van der Waals surface area (Å²) in [5.74, 6) is 2.25. The van der Waals surface area contributed by atoms with E-state index in [-0.39, 0.29) is 11.9 Å². The summed E-state index contributed by atoms with van der Waals surface area (Å²) in [7, 11) is 4.85. The van der Waals surface area contributed by atoms with Gasteiger partial charge in [0.25, 0.3) is 5.91 Å². The molecule has 1 aliphatic rings. The first-order chi connectivity index (χ1) is 18.0. The van der Waals surface area contributed by atoms with Crippen molar-refractivity contribution in [3.05, 3.63) is 101 Å². The molecule has 4 aromatic rings. The van der Waals surface area contributed by atoms with Crippen LogP contribution in [0.5, 0.6) is 17.2 Å². The zero-order chi connectivity index (χ0) is 25.9. The first-order valence-electron chi connectivity index (χ1n) is 11.8. The van der Waals surface area contributed by atoms with Gasteiger partial charge in [0.1, 0.15) is 23.2 Å². The molecule has 37 heavy (non-hydrogen) atoms. The third kappa shape index (κ3) is 4.61. The van der Waals surface area contributed by atoms with E-state index in [1.54, 1.807) is 32.2 Å². The van der Waals surface area contributed by atoms with Crippen molar-refractivity contribution in [1.82, 2.24) is 9.78 Å². The van der Waals surface area contributed by atoms with Crippen LogP contribution in [0.25, 0.3) is 5.70 Å². The second-order valence-corrected chi connectivity index (χ2v) is 8.64. The van der Waals surface area contributed by atoms with Crippen LogP contribution < -0.4 is 24.8 Å². The minimum atomic E-state index is -0.372. The number of ether oxygens (including phenoxy) is 3. The molecule has 1 aromatic heterocycles. The van der Waals surface area contributed by atoms with Crippen molar-refractivity contribution in [3.8, 4) is 17.2 Å². The summed E-state index contributed by atoms with van der Waals surface area (Å²) < 4.78 is 18.5. The molecule has 1 atom stereocenters. The van der Waals surface area contributed by atoms with E-state index in [9.17, 15) is 4.79 Å². The molecule has 0 fully saturated rings. The summed E-state index contributed by atoms with van der Waals surface area (Å²) >= 11 is 0. The predicted molar refractivity (Wildman–Crippen MR) is 144 cm³/mol. The molecule has 5 rings (SSSR count). The highest BCUT2D eigenvalue weighted by Gasteiger charge is 2.30. The number of anilines is 2. The third-order valence-electron chi connectivity index (χ3n) is 6.29. The van der Waals surface area contributed by atoms with Gasteiger partial charge in [0, 0.05) is 22.5 Å². The number of nitrogens with one attached hydrogen (secondary N) is 2. The highest BCUT2D eigenvalue weighted by molar-refractivity contribution is 6.08. The Labute approximate surface area is 215 Å². The molecular formula is C29H28N4O4. The van der Waals surface area contributed by atoms with E-state index >= 15 is 0 Å². The molecule has 0 spiro atoms. The average molecular weight is 497 g/mol. The van der Waals surface area contributed by atoms with Crippen LogP contribution >= 0.6 is 0 Å². The number of rotatable bonds is 7. The van der Waals surface area contributed by atoms with E-state index in [2.05, 4.69) is 15.7 Å². The minimum Gasteiger partial charge on any atom is -0.497 e. The standard InChI is InChI=1S/C29H28N4O4/c1-18-8-5-10-20(14-18)31-29(34)23-17-30-33-25(22-12-7-13-26(36-3)27(22)37-4)16-24(32-28(23)33)19-9-6-11-21(15-19)35-2/h5-17,25,32H,1-4H3,(H,31,34). The van der Waals surface area contributed by atoms with Crippen LogP contribution in [0.1, 0.15) is 33.1 Å². The van der Waals surface area contributed by atoms with Gasteiger partial charge in [0.15, 0.2) is 11.5 Å². The number of aryl methyl sites for hydroxylation is 1. The molecule has 0 radical (unpaired) electrons. The van der Waals surface area contributed by atoms with E-state index < -0.39 is 0 Å². The van der Waals surface area contributed by atoms with Gasteiger partial charge in [-0.15, -0.1) is 0 Å². The number of carbonyl (C=O) groups excluding carboxylic acids is 1. The molecule has 8 nitrogen and oxygen atoms in total. The van der Waals surface area contributed by atoms with Gasteiger partial charge in [0.05, 0.1) is 27.5 Å². The summed E-state index contributed by atoms with van der Waals surface area (Å²) in [6, 6.07) is 20.8. The monoisotopic (exact) mass is 496 g/mol. The van der Waals surface area contributed by atoms with Crippen molar-refractivity contribution in [2.45, 2.75) is 13.0 Å². The maximum absolute atomic E-state index is 13.4. The van der Waals surface area contributed by atoms with Gasteiger partial charge in [-0.05, 0) is 48.9 Å². The molecule has 0 aliphatic carbocycles. The van der Waals surface area contributed by atoms with Gasteiger partial charge in [0.2, 0.25) is 0 Å². The first kappa shape index (κ1) is 24.0. The molecule has 1 amide bonds. The molecule has 0 saturated heterocycles. The zero-order valence-electron chi connectivity index (χ0n) is 21.1. The predicted octanol–water partition coefficient (Wildman–Crippen LogP) is 5.53. The lowest BCUT2D eigenvalue weighted by Crippen LogP contribution is -2.22. The van der Waals surface area contributed by atoms with Crippen LogP contribution in [0.2, 0.25) is 0 Å². The summed E-state index contributed by atoms with van der Waals surface area (Å²) in [5.41, 5.74) is 4.76. The van der Waals surface area contributed by atoms with E-state index in [1.165, 1.54) is 0 Å². The lowest BCUT2D eigenvalue weighted by molar-refractivity contribution is 0.102. The Morgan fingerprint density at radius 2 is 1.78 bits per heavy atom. The highest BCUT2D eigenvalue weighted by atomic mass is 16.5. The van der Waals surface area contributed by atoms with Gasteiger partial charge in [-0.2, -0.15) is 5.10 Å². The van der Waals surface area contributed by atoms with Crippen molar-refractivity contribution >= 4 is 23.1 Å². The fraction of sp³-hybridized carbons (Fsp3) is 0.172. The average Bonchev–Trinajstić information content (AvgIpc) is 3.36. The molecular weight excluding hydrogens is 468 g/mol. The minimum absolute atomic E-state index is 0.261. The van der Waals surface area contributed by atoms with Gasteiger partial charge in [-0.25, -0.2) is 4.68 Å². The molecule has 188 valence electrons. The van der Waals surface area contributed by atoms with Crippen LogP contribution in [-0.2, 0) is 0 Å². The lowest BCUT2D eigenvalue weighted by Gasteiger charge is -2.27. The Morgan fingerprint density at radius 3 is 2.54 bits per heavy atom. The smallest absolute Gasteiger partial charge is 0.261 e. The van der Waals surface area contributed by atoms with Crippen LogP contribution in [0, 0.1) is 6.92 Å².